The van der Waals surface area contributed by atoms with Crippen LogP contribution in [0.4, 0.5) is 0 Å². The second kappa shape index (κ2) is 6.15. The molecule has 1 nitrogen and oxygen atoms in total. The molecule has 0 radical (unpaired) electrons. The first-order valence-corrected chi connectivity index (χ1v) is 9.46. The molecule has 0 N–H and O–H groups in total. The van der Waals surface area contributed by atoms with E-state index in [4.69, 9.17) is 0 Å². The summed E-state index contributed by atoms with van der Waals surface area (Å²) >= 11 is 3.55. The molecule has 0 aliphatic rings. The Bertz CT molecular complexity index is 1220. The SMILES string of the molecule is Brc1ccc(-n2c3ccccc3c3cccc(-c4ccccc4)c32)cc1. The van der Waals surface area contributed by atoms with Crippen LogP contribution in [0.1, 0.15) is 0 Å². The van der Waals surface area contributed by atoms with Gasteiger partial charge in [-0.1, -0.05) is 82.7 Å². The van der Waals surface area contributed by atoms with Crippen molar-refractivity contribution in [3.8, 4) is 16.8 Å². The third-order valence-corrected chi connectivity index (χ3v) is 5.39. The average molecular weight is 398 g/mol. The molecule has 5 aromatic rings. The average Bonchev–Trinajstić information content (AvgIpc) is 3.04. The van der Waals surface area contributed by atoms with Crippen molar-refractivity contribution < 1.29 is 0 Å². The minimum Gasteiger partial charge on any atom is -0.309 e. The quantitative estimate of drug-likeness (QED) is 0.296. The second-order valence-electron chi connectivity index (χ2n) is 6.40. The van der Waals surface area contributed by atoms with Gasteiger partial charge in [0.25, 0.3) is 0 Å². The van der Waals surface area contributed by atoms with Crippen LogP contribution >= 0.6 is 15.9 Å². The van der Waals surface area contributed by atoms with Crippen molar-refractivity contribution in [3.05, 3.63) is 102 Å². The largest absolute Gasteiger partial charge is 0.309 e. The minimum absolute atomic E-state index is 1.09. The number of para-hydroxylation sites is 2. The highest BCUT2D eigenvalue weighted by atomic mass is 79.9. The number of halogens is 1. The van der Waals surface area contributed by atoms with Crippen LogP contribution in [0.2, 0.25) is 0 Å². The first kappa shape index (κ1) is 15.4. The zero-order valence-corrected chi connectivity index (χ0v) is 15.6. The lowest BCUT2D eigenvalue weighted by Gasteiger charge is -2.11. The van der Waals surface area contributed by atoms with E-state index in [1.54, 1.807) is 0 Å². The summed E-state index contributed by atoms with van der Waals surface area (Å²) in [7, 11) is 0. The van der Waals surface area contributed by atoms with Crippen LogP contribution < -0.4 is 0 Å². The first-order chi connectivity index (χ1) is 12.8. The number of rotatable bonds is 2. The van der Waals surface area contributed by atoms with Crippen LogP contribution in [0.5, 0.6) is 0 Å². The molecule has 0 amide bonds. The van der Waals surface area contributed by atoms with Gasteiger partial charge in [-0.15, -0.1) is 0 Å². The minimum atomic E-state index is 1.09. The maximum absolute atomic E-state index is 3.55. The van der Waals surface area contributed by atoms with Crippen LogP contribution in [-0.2, 0) is 0 Å². The van der Waals surface area contributed by atoms with E-state index in [1.807, 2.05) is 0 Å². The van der Waals surface area contributed by atoms with Crippen molar-refractivity contribution in [1.82, 2.24) is 4.57 Å². The number of fused-ring (bicyclic) bond motifs is 3. The van der Waals surface area contributed by atoms with Crippen LogP contribution in [0.15, 0.2) is 102 Å². The van der Waals surface area contributed by atoms with E-state index in [1.165, 1.54) is 38.6 Å². The number of aromatic nitrogens is 1. The van der Waals surface area contributed by atoms with Crippen molar-refractivity contribution in [2.75, 3.05) is 0 Å². The second-order valence-corrected chi connectivity index (χ2v) is 7.31. The first-order valence-electron chi connectivity index (χ1n) is 8.66. The lowest BCUT2D eigenvalue weighted by Crippen LogP contribution is -1.95. The standard InChI is InChI=1S/C24H16BrN/c25-18-13-15-19(16-14-18)26-23-12-5-4-9-21(23)22-11-6-10-20(24(22)26)17-7-2-1-3-8-17/h1-16H. The molecule has 1 aromatic heterocycles. The Hall–Kier alpha value is -2.84. The highest BCUT2D eigenvalue weighted by Crippen LogP contribution is 2.37. The van der Waals surface area contributed by atoms with Gasteiger partial charge in [0.2, 0.25) is 0 Å². The summed E-state index contributed by atoms with van der Waals surface area (Å²) in [6.07, 6.45) is 0. The number of hydrogen-bond donors (Lipinski definition) is 0. The van der Waals surface area contributed by atoms with E-state index in [-0.39, 0.29) is 0 Å². The summed E-state index contributed by atoms with van der Waals surface area (Å²) in [5.74, 6) is 0. The molecular weight excluding hydrogens is 382 g/mol. The fraction of sp³-hybridized carbons (Fsp3) is 0. The molecule has 2 heteroatoms. The number of nitrogens with zero attached hydrogens (tertiary/aromatic N) is 1. The Morgan fingerprint density at radius 2 is 1.27 bits per heavy atom. The molecule has 0 aliphatic carbocycles. The van der Waals surface area contributed by atoms with Crippen molar-refractivity contribution in [1.29, 1.82) is 0 Å². The predicted octanol–water partition coefficient (Wildman–Crippen LogP) is 7.21. The van der Waals surface area contributed by atoms with Gasteiger partial charge < -0.3 is 4.57 Å². The van der Waals surface area contributed by atoms with Gasteiger partial charge in [-0.2, -0.15) is 0 Å². The van der Waals surface area contributed by atoms with Gasteiger partial charge in [0.1, 0.15) is 0 Å². The van der Waals surface area contributed by atoms with Crippen LogP contribution in [-0.4, -0.2) is 4.57 Å². The van der Waals surface area contributed by atoms with Gasteiger partial charge in [0.05, 0.1) is 11.0 Å². The third kappa shape index (κ3) is 2.38. The normalized spacial score (nSPS) is 11.3. The Kier molecular flexibility index (Phi) is 3.65. The van der Waals surface area contributed by atoms with E-state index in [2.05, 4.69) is 118 Å². The van der Waals surface area contributed by atoms with Gasteiger partial charge in [0.15, 0.2) is 0 Å². The molecule has 0 saturated carbocycles. The van der Waals surface area contributed by atoms with E-state index in [9.17, 15) is 0 Å². The van der Waals surface area contributed by atoms with Crippen molar-refractivity contribution in [2.24, 2.45) is 0 Å². The Balaban J connectivity index is 1.96. The van der Waals surface area contributed by atoms with Crippen LogP contribution in [0.3, 0.4) is 0 Å². The number of hydrogen-bond acceptors (Lipinski definition) is 0. The molecule has 0 saturated heterocycles. The Morgan fingerprint density at radius 1 is 0.577 bits per heavy atom. The Labute approximate surface area is 160 Å². The molecule has 0 spiro atoms. The molecule has 26 heavy (non-hydrogen) atoms. The van der Waals surface area contributed by atoms with E-state index in [0.29, 0.717) is 0 Å². The van der Waals surface area contributed by atoms with Crippen molar-refractivity contribution >= 4 is 37.7 Å². The summed E-state index contributed by atoms with van der Waals surface area (Å²) < 4.78 is 3.46. The fourth-order valence-corrected chi connectivity index (χ4v) is 3.99. The zero-order chi connectivity index (χ0) is 17.5. The van der Waals surface area contributed by atoms with Gasteiger partial charge >= 0.3 is 0 Å². The number of benzene rings is 4. The maximum atomic E-state index is 3.55. The summed E-state index contributed by atoms with van der Waals surface area (Å²) in [6.45, 7) is 0. The summed E-state index contributed by atoms with van der Waals surface area (Å²) in [6, 6.07) is 34.4. The zero-order valence-electron chi connectivity index (χ0n) is 14.1. The highest BCUT2D eigenvalue weighted by molar-refractivity contribution is 9.10. The maximum Gasteiger partial charge on any atom is 0.0619 e. The van der Waals surface area contributed by atoms with Gasteiger partial charge in [-0.05, 0) is 35.9 Å². The Morgan fingerprint density at radius 3 is 2.08 bits per heavy atom. The monoisotopic (exact) mass is 397 g/mol. The molecule has 0 fully saturated rings. The summed E-state index contributed by atoms with van der Waals surface area (Å²) in [4.78, 5) is 0. The van der Waals surface area contributed by atoms with Crippen LogP contribution in [0, 0.1) is 0 Å². The molecule has 0 unspecified atom stereocenters. The van der Waals surface area contributed by atoms with Crippen molar-refractivity contribution in [3.63, 3.8) is 0 Å². The molecule has 5 rings (SSSR count). The molecule has 0 aliphatic heterocycles. The third-order valence-electron chi connectivity index (χ3n) is 4.86. The molecule has 0 bridgehead atoms. The molecule has 4 aromatic carbocycles. The molecular formula is C24H16BrN. The summed E-state index contributed by atoms with van der Waals surface area (Å²) in [5.41, 5.74) is 6.14. The fourth-order valence-electron chi connectivity index (χ4n) is 3.73. The van der Waals surface area contributed by atoms with E-state index in [0.717, 1.165) is 4.47 Å². The molecule has 124 valence electrons. The van der Waals surface area contributed by atoms with Gasteiger partial charge in [0, 0.05) is 26.5 Å². The van der Waals surface area contributed by atoms with Crippen molar-refractivity contribution in [2.45, 2.75) is 0 Å². The highest BCUT2D eigenvalue weighted by Gasteiger charge is 2.15. The lowest BCUT2D eigenvalue weighted by molar-refractivity contribution is 1.18. The molecule has 1 heterocycles. The van der Waals surface area contributed by atoms with Crippen LogP contribution in [0.25, 0.3) is 38.6 Å². The lowest BCUT2D eigenvalue weighted by atomic mass is 10.0. The van der Waals surface area contributed by atoms with Gasteiger partial charge in [-0.25, -0.2) is 0 Å². The predicted molar refractivity (Wildman–Crippen MR) is 114 cm³/mol. The van der Waals surface area contributed by atoms with Gasteiger partial charge in [-0.3, -0.25) is 0 Å². The van der Waals surface area contributed by atoms with E-state index < -0.39 is 0 Å². The van der Waals surface area contributed by atoms with E-state index >= 15 is 0 Å². The smallest absolute Gasteiger partial charge is 0.0619 e. The topological polar surface area (TPSA) is 4.93 Å². The summed E-state index contributed by atoms with van der Waals surface area (Å²) in [5, 5.41) is 2.56. The molecule has 0 atom stereocenters.